The number of halogens is 1. The summed E-state index contributed by atoms with van der Waals surface area (Å²) in [5.41, 5.74) is 1.14. The van der Waals surface area contributed by atoms with Crippen LogP contribution in [0.4, 0.5) is 0 Å². The average molecular weight is 275 g/mol. The van der Waals surface area contributed by atoms with Gasteiger partial charge in [0.05, 0.1) is 0 Å². The van der Waals surface area contributed by atoms with Crippen molar-refractivity contribution in [2.24, 2.45) is 0 Å². The number of allylic oxidation sites excluding steroid dienone is 2. The van der Waals surface area contributed by atoms with E-state index in [4.69, 9.17) is 5.11 Å². The molecule has 0 atom stereocenters. The van der Waals surface area contributed by atoms with Crippen LogP contribution in [0.3, 0.4) is 0 Å². The number of hydrogen-bond acceptors (Lipinski definition) is 2. The van der Waals surface area contributed by atoms with E-state index in [0.29, 0.717) is 6.42 Å². The highest BCUT2D eigenvalue weighted by molar-refractivity contribution is 9.10. The molecule has 76 valence electrons. The maximum atomic E-state index is 10.3. The molecular formula is C10H11BrO2S. The van der Waals surface area contributed by atoms with E-state index in [2.05, 4.69) is 15.9 Å². The van der Waals surface area contributed by atoms with E-state index < -0.39 is 5.97 Å². The van der Waals surface area contributed by atoms with Crippen LogP contribution in [-0.4, -0.2) is 11.1 Å². The summed E-state index contributed by atoms with van der Waals surface area (Å²) in [6.45, 7) is 2.00. The maximum absolute atomic E-state index is 10.3. The van der Waals surface area contributed by atoms with Gasteiger partial charge in [0.15, 0.2) is 0 Å². The van der Waals surface area contributed by atoms with Crippen LogP contribution in [0, 0.1) is 0 Å². The zero-order valence-electron chi connectivity index (χ0n) is 7.79. The van der Waals surface area contributed by atoms with Gasteiger partial charge in [-0.3, -0.25) is 4.79 Å². The van der Waals surface area contributed by atoms with Gasteiger partial charge >= 0.3 is 5.97 Å². The summed E-state index contributed by atoms with van der Waals surface area (Å²) < 4.78 is 1.07. The Labute approximate surface area is 95.4 Å². The second-order valence-electron chi connectivity index (χ2n) is 2.95. The summed E-state index contributed by atoms with van der Waals surface area (Å²) in [5.74, 6) is -0.749. The molecule has 0 aromatic carbocycles. The number of rotatable bonds is 4. The molecule has 0 aliphatic heterocycles. The number of carbonyl (C=O) groups is 1. The van der Waals surface area contributed by atoms with Crippen LogP contribution in [0.25, 0.3) is 5.57 Å². The summed E-state index contributed by atoms with van der Waals surface area (Å²) in [7, 11) is 0. The molecule has 1 heterocycles. The zero-order valence-corrected chi connectivity index (χ0v) is 10.2. The Morgan fingerprint density at radius 2 is 2.43 bits per heavy atom. The second kappa shape index (κ2) is 5.32. The van der Waals surface area contributed by atoms with E-state index in [1.165, 1.54) is 4.88 Å². The third-order valence-electron chi connectivity index (χ3n) is 1.76. The van der Waals surface area contributed by atoms with Gasteiger partial charge in [-0.05, 0) is 40.9 Å². The third kappa shape index (κ3) is 3.64. The van der Waals surface area contributed by atoms with E-state index in [9.17, 15) is 4.79 Å². The molecule has 1 N–H and O–H groups in total. The van der Waals surface area contributed by atoms with E-state index in [0.717, 1.165) is 10.0 Å². The van der Waals surface area contributed by atoms with Crippen LogP contribution in [0.5, 0.6) is 0 Å². The fourth-order valence-corrected chi connectivity index (χ4v) is 2.47. The third-order valence-corrected chi connectivity index (χ3v) is 3.59. The van der Waals surface area contributed by atoms with Crippen LogP contribution >= 0.6 is 27.3 Å². The van der Waals surface area contributed by atoms with E-state index in [-0.39, 0.29) is 6.42 Å². The summed E-state index contributed by atoms with van der Waals surface area (Å²) in [5, 5.41) is 10.5. The van der Waals surface area contributed by atoms with E-state index in [1.807, 2.05) is 24.4 Å². The van der Waals surface area contributed by atoms with Crippen LogP contribution in [0.1, 0.15) is 24.6 Å². The molecule has 0 spiro atoms. The lowest BCUT2D eigenvalue weighted by Gasteiger charge is -1.95. The molecule has 14 heavy (non-hydrogen) atoms. The summed E-state index contributed by atoms with van der Waals surface area (Å²) in [4.78, 5) is 11.5. The minimum Gasteiger partial charge on any atom is -0.481 e. The second-order valence-corrected chi connectivity index (χ2v) is 4.78. The Kier molecular flexibility index (Phi) is 4.35. The van der Waals surface area contributed by atoms with Gasteiger partial charge in [-0.2, -0.15) is 0 Å². The molecule has 0 fully saturated rings. The minimum atomic E-state index is -0.749. The Bertz CT molecular complexity index is 355. The first-order valence-electron chi connectivity index (χ1n) is 4.22. The van der Waals surface area contributed by atoms with Crippen molar-refractivity contribution in [3.63, 3.8) is 0 Å². The molecular weight excluding hydrogens is 264 g/mol. The van der Waals surface area contributed by atoms with Gasteiger partial charge in [-0.15, -0.1) is 11.3 Å². The molecule has 0 saturated carbocycles. The lowest BCUT2D eigenvalue weighted by molar-refractivity contribution is -0.136. The average Bonchev–Trinajstić information content (AvgIpc) is 2.51. The molecule has 0 saturated heterocycles. The van der Waals surface area contributed by atoms with Gasteiger partial charge in [0.1, 0.15) is 0 Å². The van der Waals surface area contributed by atoms with Crippen molar-refractivity contribution in [2.75, 3.05) is 0 Å². The topological polar surface area (TPSA) is 37.3 Å². The number of hydrogen-bond donors (Lipinski definition) is 1. The van der Waals surface area contributed by atoms with Crippen molar-refractivity contribution < 1.29 is 9.90 Å². The van der Waals surface area contributed by atoms with Crippen molar-refractivity contribution in [2.45, 2.75) is 19.8 Å². The van der Waals surface area contributed by atoms with Crippen LogP contribution in [-0.2, 0) is 4.79 Å². The van der Waals surface area contributed by atoms with E-state index >= 15 is 0 Å². The van der Waals surface area contributed by atoms with Crippen molar-refractivity contribution >= 4 is 38.8 Å². The monoisotopic (exact) mass is 274 g/mol. The number of carboxylic acids is 1. The van der Waals surface area contributed by atoms with Gasteiger partial charge in [0, 0.05) is 21.2 Å². The Morgan fingerprint density at radius 3 is 2.93 bits per heavy atom. The molecule has 0 aliphatic rings. The number of aliphatic carboxylic acids is 1. The molecule has 1 rings (SSSR count). The molecule has 0 radical (unpaired) electrons. The highest BCUT2D eigenvalue weighted by atomic mass is 79.9. The Hall–Kier alpha value is -0.610. The molecule has 0 bridgehead atoms. The fraction of sp³-hybridized carbons (Fsp3) is 0.300. The molecule has 0 unspecified atom stereocenters. The quantitative estimate of drug-likeness (QED) is 0.908. The molecule has 1 aromatic rings. The molecule has 4 heteroatoms. The van der Waals surface area contributed by atoms with Crippen molar-refractivity contribution in [1.29, 1.82) is 0 Å². The molecule has 0 amide bonds. The summed E-state index contributed by atoms with van der Waals surface area (Å²) in [6, 6.07) is 2.04. The Morgan fingerprint density at radius 1 is 1.71 bits per heavy atom. The van der Waals surface area contributed by atoms with Crippen molar-refractivity contribution in [3.8, 4) is 0 Å². The number of thiophene rings is 1. The summed E-state index contributed by atoms with van der Waals surface area (Å²) in [6.07, 6.45) is 2.76. The Balaban J connectivity index is 2.56. The minimum absolute atomic E-state index is 0.198. The van der Waals surface area contributed by atoms with E-state index in [1.54, 1.807) is 11.3 Å². The van der Waals surface area contributed by atoms with Gasteiger partial charge in [0.25, 0.3) is 0 Å². The predicted octanol–water partition coefficient (Wildman–Crippen LogP) is 3.78. The van der Waals surface area contributed by atoms with Crippen molar-refractivity contribution in [3.05, 3.63) is 26.9 Å². The predicted molar refractivity (Wildman–Crippen MR) is 62.5 cm³/mol. The first kappa shape index (κ1) is 11.5. The van der Waals surface area contributed by atoms with Gasteiger partial charge in [0.2, 0.25) is 0 Å². The zero-order chi connectivity index (χ0) is 10.6. The molecule has 2 nitrogen and oxygen atoms in total. The number of carboxylic acid groups (broad SMARTS) is 1. The smallest absolute Gasteiger partial charge is 0.303 e. The van der Waals surface area contributed by atoms with Crippen LogP contribution in [0.2, 0.25) is 0 Å². The standard InChI is InChI=1S/C10H11BrO2S/c1-7(3-2-4-10(12)13)9-5-8(11)6-14-9/h3,5-6H,2,4H2,1H3,(H,12,13)/b7-3-. The lowest BCUT2D eigenvalue weighted by Crippen LogP contribution is -1.91. The summed E-state index contributed by atoms with van der Waals surface area (Å²) >= 11 is 5.03. The van der Waals surface area contributed by atoms with Gasteiger partial charge in [-0.1, -0.05) is 6.08 Å². The SMILES string of the molecule is C/C(=C/CCC(=O)O)c1cc(Br)cs1. The highest BCUT2D eigenvalue weighted by Gasteiger charge is 2.00. The maximum Gasteiger partial charge on any atom is 0.303 e. The molecule has 0 aliphatic carbocycles. The highest BCUT2D eigenvalue weighted by Crippen LogP contribution is 2.26. The van der Waals surface area contributed by atoms with Crippen molar-refractivity contribution in [1.82, 2.24) is 0 Å². The molecule has 1 aromatic heterocycles. The first-order valence-corrected chi connectivity index (χ1v) is 5.90. The van der Waals surface area contributed by atoms with Gasteiger partial charge in [-0.25, -0.2) is 0 Å². The van der Waals surface area contributed by atoms with Crippen LogP contribution < -0.4 is 0 Å². The fourth-order valence-electron chi connectivity index (χ4n) is 1.03. The van der Waals surface area contributed by atoms with Crippen LogP contribution in [0.15, 0.2) is 22.0 Å². The normalized spacial score (nSPS) is 11.7. The van der Waals surface area contributed by atoms with Gasteiger partial charge < -0.3 is 5.11 Å². The largest absolute Gasteiger partial charge is 0.481 e. The lowest BCUT2D eigenvalue weighted by atomic mass is 10.2. The first-order chi connectivity index (χ1) is 6.59.